The molecule has 3 heteroatoms. The van der Waals surface area contributed by atoms with Crippen molar-refractivity contribution in [2.24, 2.45) is 4.99 Å². The van der Waals surface area contributed by atoms with E-state index in [9.17, 15) is 4.79 Å². The third-order valence-corrected chi connectivity index (χ3v) is 1.79. The zero-order valence-electron chi connectivity index (χ0n) is 6.32. The Morgan fingerprint density at radius 1 is 1.58 bits per heavy atom. The molecule has 2 aliphatic rings. The van der Waals surface area contributed by atoms with Crippen LogP contribution in [0, 0.1) is 0 Å². The molecule has 12 heavy (non-hydrogen) atoms. The summed E-state index contributed by atoms with van der Waals surface area (Å²) in [7, 11) is 0. The Morgan fingerprint density at radius 3 is 3.08 bits per heavy atom. The molecular formula is C9H7NO2. The number of nitrogens with zero attached hydrogens (tertiary/aromatic N) is 1. The minimum Gasteiger partial charge on any atom is -0.477 e. The predicted molar refractivity (Wildman–Crippen MR) is 45.0 cm³/mol. The third kappa shape index (κ3) is 0.993. The fourth-order valence-corrected chi connectivity index (χ4v) is 1.23. The first kappa shape index (κ1) is 7.03. The van der Waals surface area contributed by atoms with E-state index in [1.165, 1.54) is 0 Å². The van der Waals surface area contributed by atoms with Crippen molar-refractivity contribution in [1.82, 2.24) is 0 Å². The molecule has 0 radical (unpaired) electrons. The zero-order chi connectivity index (χ0) is 8.55. The van der Waals surface area contributed by atoms with Gasteiger partial charge in [0, 0.05) is 5.57 Å². The lowest BCUT2D eigenvalue weighted by Gasteiger charge is -2.00. The summed E-state index contributed by atoms with van der Waals surface area (Å²) in [4.78, 5) is 14.5. The van der Waals surface area contributed by atoms with Crippen LogP contribution in [0.2, 0.25) is 0 Å². The summed E-state index contributed by atoms with van der Waals surface area (Å²) < 4.78 is 0. The molecule has 60 valence electrons. The summed E-state index contributed by atoms with van der Waals surface area (Å²) in [6.45, 7) is 0. The lowest BCUT2D eigenvalue weighted by atomic mass is 10.1. The van der Waals surface area contributed by atoms with Crippen molar-refractivity contribution in [3.63, 3.8) is 0 Å². The van der Waals surface area contributed by atoms with Crippen molar-refractivity contribution in [2.75, 3.05) is 0 Å². The maximum absolute atomic E-state index is 10.5. The molecule has 0 atom stereocenters. The third-order valence-electron chi connectivity index (χ3n) is 1.79. The van der Waals surface area contributed by atoms with Crippen molar-refractivity contribution in [2.45, 2.75) is 6.42 Å². The van der Waals surface area contributed by atoms with E-state index in [0.29, 0.717) is 0 Å². The topological polar surface area (TPSA) is 49.7 Å². The van der Waals surface area contributed by atoms with Gasteiger partial charge in [-0.2, -0.15) is 0 Å². The van der Waals surface area contributed by atoms with Crippen LogP contribution in [0.5, 0.6) is 0 Å². The highest BCUT2D eigenvalue weighted by atomic mass is 16.4. The SMILES string of the molecule is O=C(O)C1=NC2=CCC=CC2=C1. The first-order valence-electron chi connectivity index (χ1n) is 3.68. The molecule has 0 saturated carbocycles. The van der Waals surface area contributed by atoms with E-state index in [-0.39, 0.29) is 5.71 Å². The second-order valence-corrected chi connectivity index (χ2v) is 2.63. The predicted octanol–water partition coefficient (Wildman–Crippen LogP) is 1.30. The van der Waals surface area contributed by atoms with Crippen molar-refractivity contribution in [3.05, 3.63) is 35.6 Å². The molecule has 3 nitrogen and oxygen atoms in total. The van der Waals surface area contributed by atoms with Gasteiger partial charge >= 0.3 is 5.97 Å². The molecule has 1 N–H and O–H groups in total. The molecule has 0 aromatic carbocycles. The van der Waals surface area contributed by atoms with Gasteiger partial charge < -0.3 is 5.11 Å². The van der Waals surface area contributed by atoms with E-state index in [1.807, 2.05) is 18.2 Å². The number of aliphatic imine (C=N–C) groups is 1. The first-order chi connectivity index (χ1) is 5.77. The molecule has 0 saturated heterocycles. The van der Waals surface area contributed by atoms with Crippen LogP contribution in [0.3, 0.4) is 0 Å². The van der Waals surface area contributed by atoms with Gasteiger partial charge in [-0.1, -0.05) is 18.2 Å². The quantitative estimate of drug-likeness (QED) is 0.630. The number of rotatable bonds is 1. The van der Waals surface area contributed by atoms with Crippen molar-refractivity contribution in [3.8, 4) is 0 Å². The van der Waals surface area contributed by atoms with E-state index >= 15 is 0 Å². The second kappa shape index (κ2) is 2.44. The highest BCUT2D eigenvalue weighted by Crippen LogP contribution is 2.24. The average Bonchev–Trinajstić information content (AvgIpc) is 2.46. The van der Waals surface area contributed by atoms with Gasteiger partial charge in [-0.15, -0.1) is 0 Å². The fraction of sp³-hybridized carbons (Fsp3) is 0.111. The van der Waals surface area contributed by atoms with E-state index in [0.717, 1.165) is 17.7 Å². The number of hydrogen-bond donors (Lipinski definition) is 1. The molecule has 0 fully saturated rings. The Kier molecular flexibility index (Phi) is 1.43. The number of carboxylic acids is 1. The van der Waals surface area contributed by atoms with E-state index in [1.54, 1.807) is 6.08 Å². The summed E-state index contributed by atoms with van der Waals surface area (Å²) in [5, 5.41) is 8.63. The van der Waals surface area contributed by atoms with Gasteiger partial charge in [0.2, 0.25) is 0 Å². The normalized spacial score (nSPS) is 19.5. The summed E-state index contributed by atoms with van der Waals surface area (Å²) in [5.74, 6) is -0.966. The second-order valence-electron chi connectivity index (χ2n) is 2.63. The van der Waals surface area contributed by atoms with Crippen molar-refractivity contribution < 1.29 is 9.90 Å². The number of fused-ring (bicyclic) bond motifs is 1. The van der Waals surface area contributed by atoms with Crippen molar-refractivity contribution in [1.29, 1.82) is 0 Å². The van der Waals surface area contributed by atoms with Gasteiger partial charge in [0.1, 0.15) is 5.71 Å². The molecule has 0 spiro atoms. The van der Waals surface area contributed by atoms with Crippen LogP contribution >= 0.6 is 0 Å². The zero-order valence-corrected chi connectivity index (χ0v) is 6.32. The largest absolute Gasteiger partial charge is 0.477 e. The molecule has 2 rings (SSSR count). The van der Waals surface area contributed by atoms with Crippen LogP contribution in [0.1, 0.15) is 6.42 Å². The van der Waals surface area contributed by atoms with Crippen LogP contribution in [0.15, 0.2) is 40.6 Å². The monoisotopic (exact) mass is 161 g/mol. The Bertz CT molecular complexity index is 359. The number of allylic oxidation sites excluding steroid dienone is 3. The molecule has 0 aromatic heterocycles. The number of carbonyl (C=O) groups is 1. The molecule has 0 amide bonds. The van der Waals surface area contributed by atoms with Gasteiger partial charge in [-0.3, -0.25) is 0 Å². The highest BCUT2D eigenvalue weighted by Gasteiger charge is 2.17. The number of carboxylic acid groups (broad SMARTS) is 1. The van der Waals surface area contributed by atoms with Crippen molar-refractivity contribution >= 4 is 11.7 Å². The fourth-order valence-electron chi connectivity index (χ4n) is 1.23. The standard InChI is InChI=1S/C9H7NO2/c11-9(12)8-5-6-3-1-2-4-7(6)10-8/h1,3-5H,2H2,(H,11,12). The molecule has 0 unspecified atom stereocenters. The molecule has 1 heterocycles. The molecule has 0 bridgehead atoms. The van der Waals surface area contributed by atoms with Crippen LogP contribution in [-0.4, -0.2) is 16.8 Å². The van der Waals surface area contributed by atoms with Gasteiger partial charge in [0.05, 0.1) is 5.70 Å². The van der Waals surface area contributed by atoms with Crippen LogP contribution < -0.4 is 0 Å². The Labute approximate surface area is 69.4 Å². The average molecular weight is 161 g/mol. The molecule has 0 aromatic rings. The summed E-state index contributed by atoms with van der Waals surface area (Å²) in [6.07, 6.45) is 8.22. The highest BCUT2D eigenvalue weighted by molar-refractivity contribution is 6.41. The van der Waals surface area contributed by atoms with Gasteiger partial charge in [0.25, 0.3) is 0 Å². The number of aliphatic carboxylic acids is 1. The van der Waals surface area contributed by atoms with Crippen LogP contribution in [0.4, 0.5) is 0 Å². The molecule has 1 aliphatic heterocycles. The van der Waals surface area contributed by atoms with E-state index < -0.39 is 5.97 Å². The Hall–Kier alpha value is -1.64. The maximum atomic E-state index is 10.5. The minimum atomic E-state index is -0.966. The number of hydrogen-bond acceptors (Lipinski definition) is 2. The van der Waals surface area contributed by atoms with Gasteiger partial charge in [0.15, 0.2) is 0 Å². The lowest BCUT2D eigenvalue weighted by Crippen LogP contribution is -2.07. The molecule has 1 aliphatic carbocycles. The molecular weight excluding hydrogens is 154 g/mol. The lowest BCUT2D eigenvalue weighted by molar-refractivity contribution is -0.129. The Balaban J connectivity index is 2.40. The summed E-state index contributed by atoms with van der Waals surface area (Å²) >= 11 is 0. The van der Waals surface area contributed by atoms with Crippen LogP contribution in [-0.2, 0) is 4.79 Å². The summed E-state index contributed by atoms with van der Waals surface area (Å²) in [5.41, 5.74) is 1.82. The van der Waals surface area contributed by atoms with E-state index in [2.05, 4.69) is 4.99 Å². The van der Waals surface area contributed by atoms with Gasteiger partial charge in [-0.25, -0.2) is 9.79 Å². The first-order valence-corrected chi connectivity index (χ1v) is 3.68. The summed E-state index contributed by atoms with van der Waals surface area (Å²) in [6, 6.07) is 0. The van der Waals surface area contributed by atoms with E-state index in [4.69, 9.17) is 5.11 Å². The van der Waals surface area contributed by atoms with Gasteiger partial charge in [-0.05, 0) is 12.5 Å². The minimum absolute atomic E-state index is 0.128. The Morgan fingerprint density at radius 2 is 2.42 bits per heavy atom. The van der Waals surface area contributed by atoms with Crippen LogP contribution in [0.25, 0.3) is 0 Å². The maximum Gasteiger partial charge on any atom is 0.354 e. The smallest absolute Gasteiger partial charge is 0.354 e.